The minimum absolute atomic E-state index is 0.489. The van der Waals surface area contributed by atoms with E-state index in [0.29, 0.717) is 5.95 Å². The molecule has 0 aromatic carbocycles. The van der Waals surface area contributed by atoms with Crippen LogP contribution < -0.4 is 5.73 Å². The molecule has 3 heterocycles. The number of rotatable bonds is 3. The number of fused-ring (bicyclic) bond motifs is 1. The molecule has 0 atom stereocenters. The van der Waals surface area contributed by atoms with Crippen molar-refractivity contribution in [2.45, 2.75) is 13.0 Å². The Bertz CT molecular complexity index is 729. The van der Waals surface area contributed by atoms with Gasteiger partial charge in [0, 0.05) is 42.6 Å². The van der Waals surface area contributed by atoms with Crippen LogP contribution in [0.1, 0.15) is 5.69 Å². The van der Waals surface area contributed by atoms with Crippen molar-refractivity contribution < 1.29 is 0 Å². The molecule has 0 amide bonds. The second-order valence-electron chi connectivity index (χ2n) is 4.31. The number of nitrogens with zero attached hydrogens (tertiary/aromatic N) is 5. The first-order valence-corrected chi connectivity index (χ1v) is 6.68. The molecule has 98 valence electrons. The van der Waals surface area contributed by atoms with Gasteiger partial charge in [-0.25, -0.2) is 9.97 Å². The summed E-state index contributed by atoms with van der Waals surface area (Å²) in [5, 5.41) is 4.15. The molecule has 0 aliphatic heterocycles. The Morgan fingerprint density at radius 1 is 1.42 bits per heavy atom. The Morgan fingerprint density at radius 3 is 3.00 bits per heavy atom. The summed E-state index contributed by atoms with van der Waals surface area (Å²) >= 11 is 3.38. The summed E-state index contributed by atoms with van der Waals surface area (Å²) in [5.41, 5.74) is 8.72. The minimum Gasteiger partial charge on any atom is -0.369 e. The zero-order valence-corrected chi connectivity index (χ0v) is 12.0. The standard InChI is InChI=1S/C12H13BrN6/c1-18-9(2-4-16-18)3-5-19-11-10(17-12(19)14)6-8(13)7-15-11/h2,4,6-7H,3,5H2,1H3,(H2,14,17). The lowest BCUT2D eigenvalue weighted by molar-refractivity contribution is 0.648. The van der Waals surface area contributed by atoms with Crippen LogP contribution in [0.15, 0.2) is 29.0 Å². The summed E-state index contributed by atoms with van der Waals surface area (Å²) in [6, 6.07) is 3.92. The van der Waals surface area contributed by atoms with Crippen LogP contribution in [0.3, 0.4) is 0 Å². The van der Waals surface area contributed by atoms with E-state index in [1.807, 2.05) is 28.4 Å². The molecule has 0 saturated carbocycles. The predicted molar refractivity (Wildman–Crippen MR) is 76.6 cm³/mol. The van der Waals surface area contributed by atoms with Crippen molar-refractivity contribution in [3.05, 3.63) is 34.7 Å². The van der Waals surface area contributed by atoms with Crippen molar-refractivity contribution >= 4 is 33.0 Å². The van der Waals surface area contributed by atoms with Crippen LogP contribution in [-0.4, -0.2) is 24.3 Å². The van der Waals surface area contributed by atoms with Crippen LogP contribution in [-0.2, 0) is 20.0 Å². The average Bonchev–Trinajstić information content (AvgIpc) is 2.90. The van der Waals surface area contributed by atoms with E-state index in [1.54, 1.807) is 12.4 Å². The maximum Gasteiger partial charge on any atom is 0.202 e. The molecule has 0 aliphatic rings. The number of halogens is 1. The number of hydrogen-bond donors (Lipinski definition) is 1. The van der Waals surface area contributed by atoms with Gasteiger partial charge in [0.05, 0.1) is 0 Å². The second kappa shape index (κ2) is 4.65. The molecular weight excluding hydrogens is 308 g/mol. The molecule has 3 aromatic heterocycles. The number of nitrogens with two attached hydrogens (primary N) is 1. The van der Waals surface area contributed by atoms with Gasteiger partial charge >= 0.3 is 0 Å². The normalized spacial score (nSPS) is 11.3. The largest absolute Gasteiger partial charge is 0.369 e. The molecule has 7 heteroatoms. The number of hydrogen-bond acceptors (Lipinski definition) is 4. The highest BCUT2D eigenvalue weighted by atomic mass is 79.9. The van der Waals surface area contributed by atoms with Gasteiger partial charge < -0.3 is 5.73 Å². The van der Waals surface area contributed by atoms with Crippen molar-refractivity contribution in [1.29, 1.82) is 0 Å². The average molecular weight is 321 g/mol. The number of imidazole rings is 1. The molecule has 0 unspecified atom stereocenters. The Morgan fingerprint density at radius 2 is 2.26 bits per heavy atom. The van der Waals surface area contributed by atoms with Gasteiger partial charge in [-0.15, -0.1) is 0 Å². The lowest BCUT2D eigenvalue weighted by atomic mass is 10.3. The van der Waals surface area contributed by atoms with Crippen molar-refractivity contribution in [2.75, 3.05) is 5.73 Å². The van der Waals surface area contributed by atoms with E-state index in [2.05, 4.69) is 31.0 Å². The zero-order chi connectivity index (χ0) is 13.4. The van der Waals surface area contributed by atoms with E-state index < -0.39 is 0 Å². The fourth-order valence-electron chi connectivity index (χ4n) is 2.10. The van der Waals surface area contributed by atoms with E-state index in [1.165, 1.54) is 0 Å². The lowest BCUT2D eigenvalue weighted by Crippen LogP contribution is -2.08. The second-order valence-corrected chi connectivity index (χ2v) is 5.23. The topological polar surface area (TPSA) is 74.5 Å². The maximum atomic E-state index is 5.96. The fourth-order valence-corrected chi connectivity index (χ4v) is 2.42. The molecule has 3 rings (SSSR count). The molecule has 0 saturated heterocycles. The van der Waals surface area contributed by atoms with Crippen molar-refractivity contribution in [1.82, 2.24) is 24.3 Å². The third kappa shape index (κ3) is 2.21. The van der Waals surface area contributed by atoms with Crippen LogP contribution in [0, 0.1) is 0 Å². The zero-order valence-electron chi connectivity index (χ0n) is 10.4. The number of aryl methyl sites for hydroxylation is 3. The first kappa shape index (κ1) is 12.2. The van der Waals surface area contributed by atoms with Gasteiger partial charge in [-0.05, 0) is 28.1 Å². The molecule has 6 nitrogen and oxygen atoms in total. The van der Waals surface area contributed by atoms with E-state index in [9.17, 15) is 0 Å². The van der Waals surface area contributed by atoms with E-state index >= 15 is 0 Å². The van der Waals surface area contributed by atoms with Gasteiger partial charge in [-0.1, -0.05) is 0 Å². The molecule has 2 N–H and O–H groups in total. The van der Waals surface area contributed by atoms with Crippen LogP contribution in [0.25, 0.3) is 11.2 Å². The van der Waals surface area contributed by atoms with E-state index in [4.69, 9.17) is 5.73 Å². The molecule has 0 aliphatic carbocycles. The highest BCUT2D eigenvalue weighted by molar-refractivity contribution is 9.10. The third-order valence-corrected chi connectivity index (χ3v) is 3.53. The lowest BCUT2D eigenvalue weighted by Gasteiger charge is -2.06. The highest BCUT2D eigenvalue weighted by Crippen LogP contribution is 2.19. The molecule has 0 fully saturated rings. The Labute approximate surface area is 118 Å². The van der Waals surface area contributed by atoms with Gasteiger partial charge in [0.25, 0.3) is 0 Å². The van der Waals surface area contributed by atoms with E-state index in [0.717, 1.165) is 34.3 Å². The quantitative estimate of drug-likeness (QED) is 0.797. The minimum atomic E-state index is 0.489. The first-order valence-electron chi connectivity index (χ1n) is 5.89. The molecule has 0 spiro atoms. The van der Waals surface area contributed by atoms with Crippen LogP contribution in [0.4, 0.5) is 5.95 Å². The number of pyridine rings is 1. The van der Waals surface area contributed by atoms with E-state index in [-0.39, 0.29) is 0 Å². The maximum absolute atomic E-state index is 5.96. The van der Waals surface area contributed by atoms with Crippen molar-refractivity contribution in [3.8, 4) is 0 Å². The summed E-state index contributed by atoms with van der Waals surface area (Å²) in [4.78, 5) is 8.70. The van der Waals surface area contributed by atoms with Gasteiger partial charge in [-0.3, -0.25) is 9.25 Å². The van der Waals surface area contributed by atoms with Gasteiger partial charge in [0.1, 0.15) is 5.52 Å². The van der Waals surface area contributed by atoms with Gasteiger partial charge in [0.2, 0.25) is 5.95 Å². The molecule has 0 radical (unpaired) electrons. The summed E-state index contributed by atoms with van der Waals surface area (Å²) < 4.78 is 4.69. The van der Waals surface area contributed by atoms with Crippen LogP contribution in [0.2, 0.25) is 0 Å². The number of aromatic nitrogens is 5. The van der Waals surface area contributed by atoms with Crippen LogP contribution in [0.5, 0.6) is 0 Å². The molecular formula is C12H13BrN6. The highest BCUT2D eigenvalue weighted by Gasteiger charge is 2.10. The summed E-state index contributed by atoms with van der Waals surface area (Å²) in [5.74, 6) is 0.489. The smallest absolute Gasteiger partial charge is 0.202 e. The number of anilines is 1. The first-order chi connectivity index (χ1) is 9.15. The SMILES string of the molecule is Cn1nccc1CCn1c(N)nc2cc(Br)cnc21. The molecule has 19 heavy (non-hydrogen) atoms. The van der Waals surface area contributed by atoms with Crippen LogP contribution >= 0.6 is 15.9 Å². The predicted octanol–water partition coefficient (Wildman–Crippen LogP) is 1.75. The summed E-state index contributed by atoms with van der Waals surface area (Å²) in [6.07, 6.45) is 4.38. The number of nitrogen functional groups attached to an aromatic ring is 1. The van der Waals surface area contributed by atoms with Crippen molar-refractivity contribution in [2.24, 2.45) is 7.05 Å². The Kier molecular flexibility index (Phi) is 2.98. The van der Waals surface area contributed by atoms with Gasteiger partial charge in [-0.2, -0.15) is 5.10 Å². The summed E-state index contributed by atoms with van der Waals surface area (Å²) in [7, 11) is 1.93. The molecule has 0 bridgehead atoms. The monoisotopic (exact) mass is 320 g/mol. The third-order valence-electron chi connectivity index (χ3n) is 3.10. The van der Waals surface area contributed by atoms with Crippen molar-refractivity contribution in [3.63, 3.8) is 0 Å². The molecule has 3 aromatic rings. The summed E-state index contributed by atoms with van der Waals surface area (Å²) in [6.45, 7) is 0.733. The Balaban J connectivity index is 1.92. The Hall–Kier alpha value is -1.89. The van der Waals surface area contributed by atoms with Gasteiger partial charge in [0.15, 0.2) is 5.65 Å². The fraction of sp³-hybridized carbons (Fsp3) is 0.250.